The van der Waals surface area contributed by atoms with Crippen LogP contribution in [0.3, 0.4) is 0 Å². The van der Waals surface area contributed by atoms with Crippen molar-refractivity contribution in [3.8, 4) is 0 Å². The molecule has 1 fully saturated rings. The van der Waals surface area contributed by atoms with Crippen molar-refractivity contribution in [2.75, 3.05) is 19.8 Å². The van der Waals surface area contributed by atoms with E-state index in [-0.39, 0.29) is 18.5 Å². The number of aliphatic hydroxyl groups excluding tert-OH is 5. The molecule has 474 valence electrons. The Morgan fingerprint density at radius 3 is 1.16 bits per heavy atom. The number of esters is 1. The molecule has 1 rings (SSSR count). The fourth-order valence-corrected chi connectivity index (χ4v) is 11.4. The van der Waals surface area contributed by atoms with Crippen LogP contribution >= 0.6 is 0 Å². The Hall–Kier alpha value is -1.60. The first kappa shape index (κ1) is 76.4. The quantitative estimate of drug-likeness (QED) is 0.0195. The third kappa shape index (κ3) is 47.7. The number of unbranched alkanes of at least 4 members (excludes halogenated alkanes) is 48. The molecule has 7 unspecified atom stereocenters. The molecule has 0 saturated carbocycles. The summed E-state index contributed by atoms with van der Waals surface area (Å²) in [5.41, 5.74) is 0. The van der Waals surface area contributed by atoms with Gasteiger partial charge in [0, 0.05) is 12.8 Å². The molecular weight excluding hydrogens is 1000 g/mol. The van der Waals surface area contributed by atoms with Crippen LogP contribution < -0.4 is 5.32 Å². The van der Waals surface area contributed by atoms with Gasteiger partial charge in [0.15, 0.2) is 6.29 Å². The first-order valence-electron chi connectivity index (χ1n) is 35.0. The number of carbonyl (C=O) groups excluding carboxylic acids is 2. The lowest BCUT2D eigenvalue weighted by Gasteiger charge is -2.40. The predicted octanol–water partition coefficient (Wildman–Crippen LogP) is 17.5. The molecule has 80 heavy (non-hydrogen) atoms. The van der Waals surface area contributed by atoms with Crippen LogP contribution in [0.2, 0.25) is 0 Å². The highest BCUT2D eigenvalue weighted by Crippen LogP contribution is 2.23. The van der Waals surface area contributed by atoms with Crippen molar-refractivity contribution < 1.29 is 49.3 Å². The maximum absolute atomic E-state index is 13.1. The van der Waals surface area contributed by atoms with Gasteiger partial charge in [0.2, 0.25) is 5.91 Å². The SMILES string of the molecule is CCCCCCCCCCCCCC/C=C/C(O)C(COC1OC(CO)C(O)C(O)C1O)NC(=O)CCCCCCCCCCCCCCCCCCCCCCCCCCCCCOC(=O)CCCCCCCCCCCCC. The average Bonchev–Trinajstić information content (AvgIpc) is 3.47. The van der Waals surface area contributed by atoms with E-state index in [1.54, 1.807) is 6.08 Å². The molecule has 0 aromatic carbocycles. The molecular formula is C69H133NO10. The molecule has 1 heterocycles. The van der Waals surface area contributed by atoms with E-state index in [0.717, 1.165) is 51.4 Å². The minimum absolute atomic E-state index is 0.00901. The molecule has 11 heteroatoms. The minimum atomic E-state index is -1.57. The van der Waals surface area contributed by atoms with E-state index in [0.29, 0.717) is 19.4 Å². The minimum Gasteiger partial charge on any atom is -0.466 e. The number of allylic oxidation sites excluding steroid dienone is 1. The highest BCUT2D eigenvalue weighted by Gasteiger charge is 2.44. The van der Waals surface area contributed by atoms with E-state index < -0.39 is 49.5 Å². The van der Waals surface area contributed by atoms with Crippen LogP contribution in [0.1, 0.15) is 354 Å². The molecule has 0 aromatic heterocycles. The molecule has 0 radical (unpaired) electrons. The smallest absolute Gasteiger partial charge is 0.305 e. The molecule has 11 nitrogen and oxygen atoms in total. The first-order chi connectivity index (χ1) is 39.2. The van der Waals surface area contributed by atoms with Crippen molar-refractivity contribution in [3.05, 3.63) is 12.2 Å². The highest BCUT2D eigenvalue weighted by molar-refractivity contribution is 5.76. The second-order valence-electron chi connectivity index (χ2n) is 24.6. The van der Waals surface area contributed by atoms with Crippen molar-refractivity contribution >= 4 is 11.9 Å². The first-order valence-corrected chi connectivity index (χ1v) is 35.0. The van der Waals surface area contributed by atoms with Gasteiger partial charge in [-0.3, -0.25) is 9.59 Å². The summed E-state index contributed by atoms with van der Waals surface area (Å²) in [4.78, 5) is 25.1. The van der Waals surface area contributed by atoms with Crippen LogP contribution in [-0.4, -0.2) is 100 Å². The third-order valence-electron chi connectivity index (χ3n) is 16.9. The molecule has 1 aliphatic rings. The van der Waals surface area contributed by atoms with E-state index >= 15 is 0 Å². The lowest BCUT2D eigenvalue weighted by molar-refractivity contribution is -0.302. The van der Waals surface area contributed by atoms with Gasteiger partial charge in [-0.1, -0.05) is 321 Å². The van der Waals surface area contributed by atoms with E-state index in [4.69, 9.17) is 14.2 Å². The number of carbonyl (C=O) groups is 2. The molecule has 0 aliphatic carbocycles. The zero-order chi connectivity index (χ0) is 58.0. The topological polar surface area (TPSA) is 175 Å². The third-order valence-corrected chi connectivity index (χ3v) is 16.9. The molecule has 1 saturated heterocycles. The molecule has 7 atom stereocenters. The molecule has 0 aromatic rings. The standard InChI is InChI=1S/C69H133NO10/c1-3-5-7-9-11-13-15-16-32-36-39-43-47-51-55-62(72)61(60-79-69-68(77)67(76)66(75)63(59-71)80-69)70-64(73)56-52-48-44-40-37-33-30-28-26-24-22-20-18-17-19-21-23-25-27-29-31-34-38-42-46-50-54-58-78-65(74)57-53-49-45-41-35-14-12-10-8-6-4-2/h51,55,61-63,66-69,71-72,75-77H,3-50,52-54,56-60H2,1-2H3,(H,70,73)/b55-51+. The number of amides is 1. The summed E-state index contributed by atoms with van der Waals surface area (Å²) in [6.07, 6.45) is 61.9. The van der Waals surface area contributed by atoms with Gasteiger partial charge < -0.3 is 45.1 Å². The van der Waals surface area contributed by atoms with Crippen LogP contribution in [0, 0.1) is 0 Å². The van der Waals surface area contributed by atoms with Crippen LogP contribution in [0.15, 0.2) is 12.2 Å². The van der Waals surface area contributed by atoms with Gasteiger partial charge in [0.1, 0.15) is 24.4 Å². The van der Waals surface area contributed by atoms with E-state index in [1.807, 2.05) is 6.08 Å². The molecule has 0 bridgehead atoms. The zero-order valence-corrected chi connectivity index (χ0v) is 52.6. The largest absolute Gasteiger partial charge is 0.466 e. The fraction of sp³-hybridized carbons (Fsp3) is 0.942. The van der Waals surface area contributed by atoms with Crippen LogP contribution in [-0.2, 0) is 23.8 Å². The van der Waals surface area contributed by atoms with Gasteiger partial charge in [-0.25, -0.2) is 0 Å². The van der Waals surface area contributed by atoms with Gasteiger partial charge in [-0.05, 0) is 32.1 Å². The Kier molecular flexibility index (Phi) is 56.5. The Labute approximate surface area is 493 Å². The van der Waals surface area contributed by atoms with Crippen LogP contribution in [0.5, 0.6) is 0 Å². The van der Waals surface area contributed by atoms with Crippen LogP contribution in [0.25, 0.3) is 0 Å². The lowest BCUT2D eigenvalue weighted by Crippen LogP contribution is -2.60. The maximum Gasteiger partial charge on any atom is 0.305 e. The van der Waals surface area contributed by atoms with Gasteiger partial charge in [-0.15, -0.1) is 0 Å². The van der Waals surface area contributed by atoms with E-state index in [1.165, 1.54) is 276 Å². The second-order valence-corrected chi connectivity index (χ2v) is 24.6. The molecule has 1 aliphatic heterocycles. The Bertz CT molecular complexity index is 1330. The molecule has 1 amide bonds. The number of hydrogen-bond donors (Lipinski definition) is 6. The number of rotatable bonds is 62. The lowest BCUT2D eigenvalue weighted by atomic mass is 9.99. The summed E-state index contributed by atoms with van der Waals surface area (Å²) in [5.74, 6) is -0.167. The molecule has 0 spiro atoms. The van der Waals surface area contributed by atoms with Gasteiger partial charge >= 0.3 is 5.97 Å². The summed E-state index contributed by atoms with van der Waals surface area (Å²) in [7, 11) is 0. The van der Waals surface area contributed by atoms with Crippen molar-refractivity contribution in [1.82, 2.24) is 5.32 Å². The average molecular weight is 1140 g/mol. The Morgan fingerprint density at radius 2 is 0.787 bits per heavy atom. The van der Waals surface area contributed by atoms with E-state index in [2.05, 4.69) is 19.2 Å². The van der Waals surface area contributed by atoms with Crippen molar-refractivity contribution in [3.63, 3.8) is 0 Å². The predicted molar refractivity (Wildman–Crippen MR) is 334 cm³/mol. The maximum atomic E-state index is 13.1. The normalized spacial score (nSPS) is 18.3. The summed E-state index contributed by atoms with van der Waals surface area (Å²) in [6, 6.07) is -0.807. The van der Waals surface area contributed by atoms with Gasteiger partial charge in [-0.2, -0.15) is 0 Å². The number of aliphatic hydroxyl groups is 5. The van der Waals surface area contributed by atoms with Crippen LogP contribution in [0.4, 0.5) is 0 Å². The monoisotopic (exact) mass is 1140 g/mol. The summed E-state index contributed by atoms with van der Waals surface area (Å²) in [6.45, 7) is 4.39. The van der Waals surface area contributed by atoms with E-state index in [9.17, 15) is 35.1 Å². The summed E-state index contributed by atoms with van der Waals surface area (Å²) in [5, 5.41) is 54.5. The van der Waals surface area contributed by atoms with Crippen molar-refractivity contribution in [2.45, 2.75) is 397 Å². The second kappa shape index (κ2) is 59.1. The van der Waals surface area contributed by atoms with Crippen molar-refractivity contribution in [2.24, 2.45) is 0 Å². The number of ether oxygens (including phenoxy) is 3. The summed E-state index contributed by atoms with van der Waals surface area (Å²) >= 11 is 0. The van der Waals surface area contributed by atoms with Gasteiger partial charge in [0.05, 0.1) is 32.0 Å². The van der Waals surface area contributed by atoms with Gasteiger partial charge in [0.25, 0.3) is 0 Å². The zero-order valence-electron chi connectivity index (χ0n) is 52.6. The number of hydrogen-bond acceptors (Lipinski definition) is 10. The highest BCUT2D eigenvalue weighted by atomic mass is 16.7. The fourth-order valence-electron chi connectivity index (χ4n) is 11.4. The van der Waals surface area contributed by atoms with Crippen molar-refractivity contribution in [1.29, 1.82) is 0 Å². The summed E-state index contributed by atoms with van der Waals surface area (Å²) < 4.78 is 16.8. The molecule has 6 N–H and O–H groups in total. The Morgan fingerprint density at radius 1 is 0.450 bits per heavy atom. The number of nitrogens with one attached hydrogen (secondary N) is 1. The Balaban J connectivity index is 1.99.